The summed E-state index contributed by atoms with van der Waals surface area (Å²) in [4.78, 5) is 11.8. The van der Waals surface area contributed by atoms with E-state index in [-0.39, 0.29) is 12.5 Å². The van der Waals surface area contributed by atoms with Crippen LogP contribution in [0.15, 0.2) is 36.5 Å². The number of nitrogens with one attached hydrogen (secondary N) is 1. The second-order valence-electron chi connectivity index (χ2n) is 4.56. The average molecular weight is 273 g/mol. The van der Waals surface area contributed by atoms with Crippen molar-refractivity contribution in [1.82, 2.24) is 20.3 Å². The first-order valence-corrected chi connectivity index (χ1v) is 6.67. The van der Waals surface area contributed by atoms with Crippen LogP contribution in [0.5, 0.6) is 0 Å². The number of hydrogen-bond acceptors (Lipinski definition) is 4. The first kappa shape index (κ1) is 14.2. The molecule has 0 saturated heterocycles. The summed E-state index contributed by atoms with van der Waals surface area (Å²) in [6.07, 6.45) is 3.46. The number of carbonyl (C=O) groups is 1. The molecule has 0 spiro atoms. The molecule has 6 nitrogen and oxygen atoms in total. The van der Waals surface area contributed by atoms with Crippen LogP contribution in [0.1, 0.15) is 17.7 Å². The van der Waals surface area contributed by atoms with Crippen molar-refractivity contribution in [2.45, 2.75) is 25.9 Å². The van der Waals surface area contributed by atoms with E-state index in [4.69, 9.17) is 5.73 Å². The zero-order chi connectivity index (χ0) is 14.2. The predicted octanol–water partition coefficient (Wildman–Crippen LogP) is 0.486. The topological polar surface area (TPSA) is 85.8 Å². The fourth-order valence-electron chi connectivity index (χ4n) is 1.81. The third-order valence-corrected chi connectivity index (χ3v) is 2.86. The molecule has 0 bridgehead atoms. The number of nitrogens with zero attached hydrogens (tertiary/aromatic N) is 3. The van der Waals surface area contributed by atoms with Crippen LogP contribution in [0, 0.1) is 0 Å². The lowest BCUT2D eigenvalue weighted by atomic mass is 10.2. The van der Waals surface area contributed by atoms with Crippen molar-refractivity contribution < 1.29 is 4.79 Å². The molecule has 2 rings (SSSR count). The SMILES string of the molecule is NCCCc1cn(CC(=O)NCc2ccccc2)nn1. The number of nitrogens with two attached hydrogens (primary N) is 1. The summed E-state index contributed by atoms with van der Waals surface area (Å²) in [7, 11) is 0. The van der Waals surface area contributed by atoms with E-state index in [9.17, 15) is 4.79 Å². The molecule has 0 aliphatic rings. The number of aryl methyl sites for hydroxylation is 1. The maximum absolute atomic E-state index is 11.8. The highest BCUT2D eigenvalue weighted by Gasteiger charge is 2.05. The quantitative estimate of drug-likeness (QED) is 0.768. The molecular formula is C14H19N5O. The van der Waals surface area contributed by atoms with Gasteiger partial charge in [-0.2, -0.15) is 0 Å². The Hall–Kier alpha value is -2.21. The first-order chi connectivity index (χ1) is 9.78. The summed E-state index contributed by atoms with van der Waals surface area (Å²) < 4.78 is 1.55. The number of amides is 1. The summed E-state index contributed by atoms with van der Waals surface area (Å²) in [6, 6.07) is 9.79. The Morgan fingerprint density at radius 1 is 1.30 bits per heavy atom. The number of benzene rings is 1. The number of carbonyl (C=O) groups excluding carboxylic acids is 1. The van der Waals surface area contributed by atoms with Gasteiger partial charge < -0.3 is 11.1 Å². The van der Waals surface area contributed by atoms with Gasteiger partial charge in [0.2, 0.25) is 5.91 Å². The van der Waals surface area contributed by atoms with Crippen LogP contribution in [-0.2, 0) is 24.3 Å². The molecule has 0 unspecified atom stereocenters. The minimum Gasteiger partial charge on any atom is -0.350 e. The Bertz CT molecular complexity index is 538. The molecule has 3 N–H and O–H groups in total. The lowest BCUT2D eigenvalue weighted by Gasteiger charge is -2.04. The summed E-state index contributed by atoms with van der Waals surface area (Å²) in [5.74, 6) is -0.0795. The van der Waals surface area contributed by atoms with Gasteiger partial charge in [-0.3, -0.25) is 4.79 Å². The van der Waals surface area contributed by atoms with E-state index < -0.39 is 0 Å². The van der Waals surface area contributed by atoms with Crippen molar-refractivity contribution in [2.75, 3.05) is 6.54 Å². The zero-order valence-electron chi connectivity index (χ0n) is 11.3. The van der Waals surface area contributed by atoms with E-state index >= 15 is 0 Å². The highest BCUT2D eigenvalue weighted by atomic mass is 16.2. The van der Waals surface area contributed by atoms with Gasteiger partial charge in [-0.1, -0.05) is 35.5 Å². The van der Waals surface area contributed by atoms with Crippen LogP contribution >= 0.6 is 0 Å². The lowest BCUT2D eigenvalue weighted by molar-refractivity contribution is -0.122. The highest BCUT2D eigenvalue weighted by molar-refractivity contribution is 5.75. The van der Waals surface area contributed by atoms with Gasteiger partial charge in [-0.15, -0.1) is 5.10 Å². The summed E-state index contributed by atoms with van der Waals surface area (Å²) in [6.45, 7) is 1.33. The number of aromatic nitrogens is 3. The molecule has 1 aromatic heterocycles. The van der Waals surface area contributed by atoms with Gasteiger partial charge in [0.15, 0.2) is 0 Å². The summed E-state index contributed by atoms with van der Waals surface area (Å²) in [5.41, 5.74) is 7.38. The Labute approximate surface area is 118 Å². The van der Waals surface area contributed by atoms with Gasteiger partial charge in [0.1, 0.15) is 6.54 Å². The van der Waals surface area contributed by atoms with Gasteiger partial charge >= 0.3 is 0 Å². The third kappa shape index (κ3) is 4.47. The summed E-state index contributed by atoms with van der Waals surface area (Å²) in [5, 5.41) is 10.8. The second-order valence-corrected chi connectivity index (χ2v) is 4.56. The molecule has 1 heterocycles. The Balaban J connectivity index is 1.78. The Morgan fingerprint density at radius 3 is 2.85 bits per heavy atom. The molecule has 20 heavy (non-hydrogen) atoms. The Kier molecular flexibility index (Phi) is 5.25. The van der Waals surface area contributed by atoms with Crippen molar-refractivity contribution in [3.63, 3.8) is 0 Å². The fourth-order valence-corrected chi connectivity index (χ4v) is 1.81. The fraction of sp³-hybridized carbons (Fsp3) is 0.357. The van der Waals surface area contributed by atoms with Gasteiger partial charge in [-0.25, -0.2) is 4.68 Å². The standard InChI is InChI=1S/C14H19N5O/c15-8-4-7-13-10-19(18-17-13)11-14(20)16-9-12-5-2-1-3-6-12/h1-3,5-6,10H,4,7-9,11,15H2,(H,16,20). The molecule has 1 aromatic carbocycles. The molecule has 106 valence electrons. The number of hydrogen-bond donors (Lipinski definition) is 2. The van der Waals surface area contributed by atoms with Gasteiger partial charge in [0.25, 0.3) is 0 Å². The third-order valence-electron chi connectivity index (χ3n) is 2.86. The molecule has 0 fully saturated rings. The van der Waals surface area contributed by atoms with Crippen molar-refractivity contribution >= 4 is 5.91 Å². The second kappa shape index (κ2) is 7.40. The van der Waals surface area contributed by atoms with E-state index in [1.165, 1.54) is 0 Å². The van der Waals surface area contributed by atoms with E-state index in [0.29, 0.717) is 13.1 Å². The average Bonchev–Trinajstić information content (AvgIpc) is 2.91. The van der Waals surface area contributed by atoms with E-state index in [2.05, 4.69) is 15.6 Å². The molecule has 2 aromatic rings. The predicted molar refractivity (Wildman–Crippen MR) is 75.7 cm³/mol. The van der Waals surface area contributed by atoms with E-state index in [1.807, 2.05) is 30.3 Å². The van der Waals surface area contributed by atoms with Crippen LogP contribution in [-0.4, -0.2) is 27.4 Å². The van der Waals surface area contributed by atoms with E-state index in [1.54, 1.807) is 10.9 Å². The van der Waals surface area contributed by atoms with E-state index in [0.717, 1.165) is 24.1 Å². The molecule has 0 radical (unpaired) electrons. The molecular weight excluding hydrogens is 254 g/mol. The van der Waals surface area contributed by atoms with Gasteiger partial charge in [-0.05, 0) is 24.9 Å². The minimum atomic E-state index is -0.0795. The van der Waals surface area contributed by atoms with Crippen molar-refractivity contribution in [3.8, 4) is 0 Å². The maximum atomic E-state index is 11.8. The van der Waals surface area contributed by atoms with Crippen molar-refractivity contribution in [1.29, 1.82) is 0 Å². The molecule has 0 atom stereocenters. The van der Waals surface area contributed by atoms with Crippen LogP contribution in [0.3, 0.4) is 0 Å². The van der Waals surface area contributed by atoms with Crippen LogP contribution in [0.2, 0.25) is 0 Å². The summed E-state index contributed by atoms with van der Waals surface area (Å²) >= 11 is 0. The molecule has 0 aliphatic carbocycles. The highest BCUT2D eigenvalue weighted by Crippen LogP contribution is 1.99. The Morgan fingerprint density at radius 2 is 2.10 bits per heavy atom. The first-order valence-electron chi connectivity index (χ1n) is 6.67. The molecule has 0 aliphatic heterocycles. The molecule has 1 amide bonds. The normalized spacial score (nSPS) is 10.4. The molecule has 6 heteroatoms. The zero-order valence-corrected chi connectivity index (χ0v) is 11.3. The maximum Gasteiger partial charge on any atom is 0.242 e. The van der Waals surface area contributed by atoms with Crippen LogP contribution < -0.4 is 11.1 Å². The van der Waals surface area contributed by atoms with Crippen LogP contribution in [0.4, 0.5) is 0 Å². The lowest BCUT2D eigenvalue weighted by Crippen LogP contribution is -2.27. The molecule has 0 saturated carbocycles. The minimum absolute atomic E-state index is 0.0795. The van der Waals surface area contributed by atoms with Crippen molar-refractivity contribution in [3.05, 3.63) is 47.8 Å². The largest absolute Gasteiger partial charge is 0.350 e. The van der Waals surface area contributed by atoms with Gasteiger partial charge in [0, 0.05) is 12.7 Å². The van der Waals surface area contributed by atoms with Crippen LogP contribution in [0.25, 0.3) is 0 Å². The smallest absolute Gasteiger partial charge is 0.242 e. The van der Waals surface area contributed by atoms with Crippen molar-refractivity contribution in [2.24, 2.45) is 5.73 Å². The number of rotatable bonds is 7. The monoisotopic (exact) mass is 273 g/mol. The van der Waals surface area contributed by atoms with Gasteiger partial charge in [0.05, 0.1) is 5.69 Å².